The molecule has 9 rings (SSSR count). The van der Waals surface area contributed by atoms with Crippen molar-refractivity contribution in [1.82, 2.24) is 9.55 Å². The van der Waals surface area contributed by atoms with E-state index < -0.39 is 5.41 Å². The van der Waals surface area contributed by atoms with Crippen LogP contribution in [0.4, 0.5) is 17.1 Å². The normalized spacial score (nSPS) is 13.2. The zero-order valence-corrected chi connectivity index (χ0v) is 32.0. The Morgan fingerprint density at radius 2 is 1.13 bits per heavy atom. The lowest BCUT2D eigenvalue weighted by atomic mass is 9.65. The van der Waals surface area contributed by atoms with Crippen LogP contribution in [0, 0.1) is 13.8 Å². The number of hydrogen-bond donors (Lipinski definition) is 0. The zero-order chi connectivity index (χ0) is 37.2. The number of hydrogen-bond acceptors (Lipinski definition) is 3. The predicted molar refractivity (Wildman–Crippen MR) is 227 cm³/mol. The number of aromatic nitrogens is 2. The molecule has 4 nitrogen and oxygen atoms in total. The largest absolute Gasteiger partial charge is 0.355 e. The molecule has 0 atom stereocenters. The predicted octanol–water partition coefficient (Wildman–Crippen LogP) is 12.0. The van der Waals surface area contributed by atoms with Crippen molar-refractivity contribution >= 4 is 38.9 Å². The first-order valence-corrected chi connectivity index (χ1v) is 19.0. The Morgan fingerprint density at radius 1 is 0.519 bits per heavy atom. The van der Waals surface area contributed by atoms with E-state index >= 15 is 0 Å². The molecule has 0 aliphatic carbocycles. The molecule has 0 radical (unpaired) electrons. The molecule has 0 spiro atoms. The molecule has 54 heavy (non-hydrogen) atoms. The summed E-state index contributed by atoms with van der Waals surface area (Å²) in [6, 6.07) is 56.2. The van der Waals surface area contributed by atoms with Crippen LogP contribution in [-0.4, -0.2) is 23.3 Å². The van der Waals surface area contributed by atoms with E-state index in [1.165, 1.54) is 66.8 Å². The zero-order valence-electron chi connectivity index (χ0n) is 32.0. The fourth-order valence-corrected chi connectivity index (χ4v) is 8.63. The Labute approximate surface area is 319 Å². The van der Waals surface area contributed by atoms with Crippen LogP contribution < -0.4 is 9.80 Å². The van der Waals surface area contributed by atoms with Gasteiger partial charge < -0.3 is 9.80 Å². The van der Waals surface area contributed by atoms with Crippen LogP contribution in [0.15, 0.2) is 158 Å². The van der Waals surface area contributed by atoms with Gasteiger partial charge in [-0.05, 0) is 107 Å². The molecule has 266 valence electrons. The molecule has 1 aliphatic rings. The molecule has 1 aliphatic heterocycles. The number of fused-ring (bicyclic) bond motifs is 4. The van der Waals surface area contributed by atoms with Crippen LogP contribution in [0.25, 0.3) is 27.6 Å². The van der Waals surface area contributed by atoms with Gasteiger partial charge >= 0.3 is 0 Å². The summed E-state index contributed by atoms with van der Waals surface area (Å²) in [4.78, 5) is 9.82. The van der Waals surface area contributed by atoms with Gasteiger partial charge in [-0.1, -0.05) is 124 Å². The Bertz CT molecular complexity index is 2630. The summed E-state index contributed by atoms with van der Waals surface area (Å²) in [5.41, 5.74) is 14.1. The minimum absolute atomic E-state index is 0.00934. The Kier molecular flexibility index (Phi) is 7.97. The van der Waals surface area contributed by atoms with Crippen LogP contribution >= 0.6 is 0 Å². The second-order valence-corrected chi connectivity index (χ2v) is 16.0. The summed E-state index contributed by atoms with van der Waals surface area (Å²) < 4.78 is 2.36. The molecular weight excluding hydrogens is 657 g/mol. The number of anilines is 3. The highest BCUT2D eigenvalue weighted by Crippen LogP contribution is 2.49. The average molecular weight is 703 g/mol. The van der Waals surface area contributed by atoms with Crippen LogP contribution in [-0.2, 0) is 10.8 Å². The number of rotatable bonds is 6. The summed E-state index contributed by atoms with van der Waals surface area (Å²) >= 11 is 0. The van der Waals surface area contributed by atoms with Gasteiger partial charge in [-0.2, -0.15) is 0 Å². The van der Waals surface area contributed by atoms with Gasteiger partial charge in [0.15, 0.2) is 0 Å². The second kappa shape index (κ2) is 12.8. The summed E-state index contributed by atoms with van der Waals surface area (Å²) in [6.07, 6.45) is 1.96. The van der Waals surface area contributed by atoms with E-state index in [0.29, 0.717) is 0 Å². The van der Waals surface area contributed by atoms with Crippen molar-refractivity contribution in [3.05, 3.63) is 197 Å². The lowest BCUT2D eigenvalue weighted by Gasteiger charge is -2.37. The highest BCUT2D eigenvalue weighted by Gasteiger charge is 2.39. The highest BCUT2D eigenvalue weighted by atomic mass is 15.4. The van der Waals surface area contributed by atoms with Crippen LogP contribution in [0.2, 0.25) is 0 Å². The molecule has 0 unspecified atom stereocenters. The molecule has 4 heteroatoms. The molecule has 0 amide bonds. The molecule has 8 aromatic rings. The average Bonchev–Trinajstić information content (AvgIpc) is 3.69. The van der Waals surface area contributed by atoms with E-state index in [4.69, 9.17) is 4.98 Å². The first kappa shape index (κ1) is 33.7. The van der Waals surface area contributed by atoms with Gasteiger partial charge in [0.25, 0.3) is 0 Å². The minimum atomic E-state index is -0.633. The maximum Gasteiger partial charge on any atom is 0.137 e. The first-order valence-electron chi connectivity index (χ1n) is 19.0. The molecule has 0 N–H and O–H groups in total. The second-order valence-electron chi connectivity index (χ2n) is 16.0. The van der Waals surface area contributed by atoms with Crippen molar-refractivity contribution in [2.75, 3.05) is 23.5 Å². The minimum Gasteiger partial charge on any atom is -0.355 e. The Balaban J connectivity index is 1.34. The standard InChI is InChI=1S/C50H46N4/c1-34-28-46-47(29-35(34)2)53(33-52(46)6)41-21-15-20-39(30-41)50(36-16-9-7-10-17-36,37-18-11-8-12-19-37)40-24-25-43-42-22-13-14-23-44(42)54(45(43)31-40)48-32-38(26-27-51-48)49(3,4)5/h7-32H,33H2,1-6H3. The summed E-state index contributed by atoms with van der Waals surface area (Å²) in [5.74, 6) is 0.931. The summed E-state index contributed by atoms with van der Waals surface area (Å²) in [5, 5.41) is 2.43. The van der Waals surface area contributed by atoms with Gasteiger partial charge in [0, 0.05) is 29.7 Å². The molecule has 0 fully saturated rings. The van der Waals surface area contributed by atoms with Gasteiger partial charge in [-0.25, -0.2) is 4.98 Å². The number of pyridine rings is 1. The lowest BCUT2D eigenvalue weighted by molar-refractivity contribution is 0.588. The molecule has 3 heterocycles. The van der Waals surface area contributed by atoms with Gasteiger partial charge in [0.1, 0.15) is 5.82 Å². The van der Waals surface area contributed by atoms with Gasteiger partial charge in [-0.3, -0.25) is 4.57 Å². The van der Waals surface area contributed by atoms with Gasteiger partial charge in [0.05, 0.1) is 34.5 Å². The quantitative estimate of drug-likeness (QED) is 0.161. The lowest BCUT2D eigenvalue weighted by Crippen LogP contribution is -2.31. The van der Waals surface area contributed by atoms with Crippen molar-refractivity contribution in [2.24, 2.45) is 0 Å². The van der Waals surface area contributed by atoms with Crippen molar-refractivity contribution in [2.45, 2.75) is 45.4 Å². The van der Waals surface area contributed by atoms with Crippen LogP contribution in [0.5, 0.6) is 0 Å². The molecular formula is C50H46N4. The first-order chi connectivity index (χ1) is 26.1. The summed E-state index contributed by atoms with van der Waals surface area (Å²) in [7, 11) is 2.19. The van der Waals surface area contributed by atoms with Crippen molar-refractivity contribution < 1.29 is 0 Å². The fourth-order valence-electron chi connectivity index (χ4n) is 8.63. The van der Waals surface area contributed by atoms with E-state index in [-0.39, 0.29) is 5.41 Å². The van der Waals surface area contributed by atoms with E-state index in [1.807, 2.05) is 6.20 Å². The fraction of sp³-hybridized carbons (Fsp3) is 0.180. The Hall–Kier alpha value is -6.13. The molecule has 0 saturated carbocycles. The number of aryl methyl sites for hydroxylation is 2. The smallest absolute Gasteiger partial charge is 0.137 e. The number of nitrogens with zero attached hydrogens (tertiary/aromatic N) is 4. The SMILES string of the molecule is Cc1cc2c(cc1C)N(c1cccc(C(c3ccccc3)(c3ccccc3)c3ccc4c5ccccc5n(-c5cc(C(C)(C)C)ccn5)c4c3)c1)CN2C. The molecule has 2 aromatic heterocycles. The maximum absolute atomic E-state index is 5.01. The third kappa shape index (κ3) is 5.31. The van der Waals surface area contributed by atoms with Crippen LogP contribution in [0.3, 0.4) is 0 Å². The molecule has 0 bridgehead atoms. The Morgan fingerprint density at radius 3 is 1.83 bits per heavy atom. The number of para-hydroxylation sites is 1. The number of benzene rings is 6. The summed E-state index contributed by atoms with van der Waals surface area (Å²) in [6.45, 7) is 12.0. The third-order valence-corrected chi connectivity index (χ3v) is 11.6. The van der Waals surface area contributed by atoms with Crippen molar-refractivity contribution in [3.63, 3.8) is 0 Å². The molecule has 0 saturated heterocycles. The maximum atomic E-state index is 5.01. The van der Waals surface area contributed by atoms with Crippen LogP contribution in [0.1, 0.15) is 59.7 Å². The third-order valence-electron chi connectivity index (χ3n) is 11.6. The van der Waals surface area contributed by atoms with E-state index in [0.717, 1.165) is 23.5 Å². The van der Waals surface area contributed by atoms with Crippen molar-refractivity contribution in [3.8, 4) is 5.82 Å². The monoisotopic (exact) mass is 702 g/mol. The van der Waals surface area contributed by atoms with Crippen molar-refractivity contribution in [1.29, 1.82) is 0 Å². The highest BCUT2D eigenvalue weighted by molar-refractivity contribution is 6.09. The molecule has 6 aromatic carbocycles. The van der Waals surface area contributed by atoms with E-state index in [2.05, 4.69) is 208 Å². The van der Waals surface area contributed by atoms with E-state index in [9.17, 15) is 0 Å². The van der Waals surface area contributed by atoms with E-state index in [1.54, 1.807) is 0 Å². The topological polar surface area (TPSA) is 24.3 Å². The van der Waals surface area contributed by atoms with Gasteiger partial charge in [0.2, 0.25) is 0 Å². The van der Waals surface area contributed by atoms with Gasteiger partial charge in [-0.15, -0.1) is 0 Å².